The molecule has 7 nitrogen and oxygen atoms in total. The Kier molecular flexibility index (Phi) is 9.31. The molecule has 0 spiro atoms. The third kappa shape index (κ3) is 7.35. The summed E-state index contributed by atoms with van der Waals surface area (Å²) in [5, 5.41) is 5.48. The molecular formula is C33H25Cl2N3O4S. The second kappa shape index (κ2) is 13.3. The van der Waals surface area contributed by atoms with Gasteiger partial charge in [-0.25, -0.2) is 4.90 Å². The maximum Gasteiger partial charge on any atom is 0.272 e. The summed E-state index contributed by atoms with van der Waals surface area (Å²) >= 11 is 13.3. The van der Waals surface area contributed by atoms with Gasteiger partial charge in [0.15, 0.2) is 0 Å². The third-order valence-corrected chi connectivity index (χ3v) is 8.47. The van der Waals surface area contributed by atoms with Gasteiger partial charge in [-0.05, 0) is 67.1 Å². The highest BCUT2D eigenvalue weighted by Gasteiger charge is 2.40. The molecule has 2 N–H and O–H groups in total. The van der Waals surface area contributed by atoms with Crippen molar-refractivity contribution in [2.24, 2.45) is 0 Å². The minimum Gasteiger partial charge on any atom is -0.321 e. The molecule has 1 heterocycles. The molecule has 1 fully saturated rings. The van der Waals surface area contributed by atoms with Crippen LogP contribution in [0.1, 0.15) is 27.9 Å². The van der Waals surface area contributed by atoms with Gasteiger partial charge in [0, 0.05) is 22.6 Å². The second-order valence-electron chi connectivity index (χ2n) is 9.75. The predicted octanol–water partition coefficient (Wildman–Crippen LogP) is 7.14. The van der Waals surface area contributed by atoms with Crippen molar-refractivity contribution >= 4 is 76.0 Å². The normalized spacial score (nSPS) is 15.0. The number of thioether (sulfide) groups is 1. The van der Waals surface area contributed by atoms with Gasteiger partial charge in [0.1, 0.15) is 5.70 Å². The molecule has 1 aliphatic rings. The van der Waals surface area contributed by atoms with Gasteiger partial charge in [0.2, 0.25) is 11.8 Å². The third-order valence-electron chi connectivity index (χ3n) is 6.55. The van der Waals surface area contributed by atoms with Gasteiger partial charge in [-0.1, -0.05) is 77.3 Å². The van der Waals surface area contributed by atoms with Crippen LogP contribution in [0.3, 0.4) is 0 Å². The average Bonchev–Trinajstić information content (AvgIpc) is 3.27. The molecule has 1 saturated heterocycles. The molecule has 0 aromatic heterocycles. The molecule has 5 rings (SSSR count). The molecule has 43 heavy (non-hydrogen) atoms. The lowest BCUT2D eigenvalue weighted by Gasteiger charge is -2.16. The fourth-order valence-electron chi connectivity index (χ4n) is 4.37. The lowest BCUT2D eigenvalue weighted by molar-refractivity contribution is -0.121. The number of aryl methyl sites for hydroxylation is 1. The van der Waals surface area contributed by atoms with Crippen molar-refractivity contribution < 1.29 is 19.2 Å². The fraction of sp³-hybridized carbons (Fsp3) is 0.0909. The SMILES string of the molecule is Cc1ccc(C=C(NC(=O)c2ccccc2)C(=O)Nc2cccc(SC3CC(=O)N(c4ccc(Cl)c(Cl)c4)C3=O)c2)cc1. The van der Waals surface area contributed by atoms with Gasteiger partial charge in [-0.3, -0.25) is 19.2 Å². The molecule has 216 valence electrons. The summed E-state index contributed by atoms with van der Waals surface area (Å²) in [7, 11) is 0. The molecule has 0 bridgehead atoms. The van der Waals surface area contributed by atoms with Crippen molar-refractivity contribution in [2.75, 3.05) is 10.2 Å². The highest BCUT2D eigenvalue weighted by atomic mass is 35.5. The van der Waals surface area contributed by atoms with Gasteiger partial charge < -0.3 is 10.6 Å². The van der Waals surface area contributed by atoms with E-state index in [1.807, 2.05) is 31.2 Å². The van der Waals surface area contributed by atoms with E-state index >= 15 is 0 Å². The molecule has 4 aromatic rings. The molecule has 0 radical (unpaired) electrons. The molecule has 4 amide bonds. The van der Waals surface area contributed by atoms with E-state index in [1.54, 1.807) is 66.7 Å². The Labute approximate surface area is 262 Å². The summed E-state index contributed by atoms with van der Waals surface area (Å²) in [5.41, 5.74) is 3.09. The zero-order valence-electron chi connectivity index (χ0n) is 22.8. The minimum absolute atomic E-state index is 0.00921. The first-order valence-corrected chi connectivity index (χ1v) is 14.9. The van der Waals surface area contributed by atoms with Crippen molar-refractivity contribution in [3.8, 4) is 0 Å². The van der Waals surface area contributed by atoms with Gasteiger partial charge in [-0.15, -0.1) is 11.8 Å². The van der Waals surface area contributed by atoms with Crippen LogP contribution in [0.25, 0.3) is 6.08 Å². The lowest BCUT2D eigenvalue weighted by Crippen LogP contribution is -2.31. The molecule has 0 saturated carbocycles. The van der Waals surface area contributed by atoms with Crippen molar-refractivity contribution in [3.05, 3.63) is 129 Å². The Morgan fingerprint density at radius 3 is 2.35 bits per heavy atom. The number of carbonyl (C=O) groups is 4. The molecular weight excluding hydrogens is 605 g/mol. The van der Waals surface area contributed by atoms with Crippen LogP contribution in [0.5, 0.6) is 0 Å². The van der Waals surface area contributed by atoms with Crippen LogP contribution in [0.4, 0.5) is 11.4 Å². The van der Waals surface area contributed by atoms with Crippen LogP contribution in [0, 0.1) is 6.92 Å². The van der Waals surface area contributed by atoms with Crippen molar-refractivity contribution in [3.63, 3.8) is 0 Å². The summed E-state index contributed by atoms with van der Waals surface area (Å²) in [4.78, 5) is 54.1. The van der Waals surface area contributed by atoms with E-state index in [2.05, 4.69) is 10.6 Å². The molecule has 1 atom stereocenters. The van der Waals surface area contributed by atoms with Crippen molar-refractivity contribution in [1.82, 2.24) is 5.32 Å². The van der Waals surface area contributed by atoms with E-state index in [4.69, 9.17) is 23.2 Å². The maximum absolute atomic E-state index is 13.4. The van der Waals surface area contributed by atoms with Gasteiger partial charge in [-0.2, -0.15) is 0 Å². The molecule has 10 heteroatoms. The van der Waals surface area contributed by atoms with Crippen molar-refractivity contribution in [1.29, 1.82) is 0 Å². The maximum atomic E-state index is 13.4. The van der Waals surface area contributed by atoms with E-state index in [-0.39, 0.29) is 29.0 Å². The van der Waals surface area contributed by atoms with E-state index < -0.39 is 17.1 Å². The highest BCUT2D eigenvalue weighted by molar-refractivity contribution is 8.00. The Morgan fingerprint density at radius 2 is 1.63 bits per heavy atom. The second-order valence-corrected chi connectivity index (χ2v) is 11.8. The zero-order chi connectivity index (χ0) is 30.5. The van der Waals surface area contributed by atoms with E-state index in [1.165, 1.54) is 23.9 Å². The number of rotatable bonds is 8. The first kappa shape index (κ1) is 30.1. The van der Waals surface area contributed by atoms with Crippen LogP contribution in [-0.4, -0.2) is 28.9 Å². The van der Waals surface area contributed by atoms with Gasteiger partial charge >= 0.3 is 0 Å². The Balaban J connectivity index is 1.32. The monoisotopic (exact) mass is 629 g/mol. The highest BCUT2D eigenvalue weighted by Crippen LogP contribution is 2.36. The van der Waals surface area contributed by atoms with E-state index in [9.17, 15) is 19.2 Å². The van der Waals surface area contributed by atoms with Crippen LogP contribution in [0.15, 0.2) is 108 Å². The van der Waals surface area contributed by atoms with E-state index in [0.29, 0.717) is 26.9 Å². The number of nitrogens with one attached hydrogen (secondary N) is 2. The Bertz CT molecular complexity index is 1740. The summed E-state index contributed by atoms with van der Waals surface area (Å²) in [5.74, 6) is -1.65. The van der Waals surface area contributed by atoms with Gasteiger partial charge in [0.25, 0.3) is 11.8 Å². The first-order chi connectivity index (χ1) is 20.7. The molecule has 0 aliphatic carbocycles. The lowest BCUT2D eigenvalue weighted by atomic mass is 10.1. The smallest absolute Gasteiger partial charge is 0.272 e. The number of hydrogen-bond acceptors (Lipinski definition) is 5. The number of amides is 4. The summed E-state index contributed by atoms with van der Waals surface area (Å²) < 4.78 is 0. The summed E-state index contributed by atoms with van der Waals surface area (Å²) in [6.45, 7) is 1.96. The Morgan fingerprint density at radius 1 is 0.884 bits per heavy atom. The Hall–Kier alpha value is -4.37. The zero-order valence-corrected chi connectivity index (χ0v) is 25.2. The van der Waals surface area contributed by atoms with E-state index in [0.717, 1.165) is 16.0 Å². The topological polar surface area (TPSA) is 95.6 Å². The number of nitrogens with zero attached hydrogens (tertiary/aromatic N) is 1. The molecule has 4 aromatic carbocycles. The number of imide groups is 1. The number of hydrogen-bond donors (Lipinski definition) is 2. The summed E-state index contributed by atoms with van der Waals surface area (Å²) in [6, 6.07) is 27.7. The summed E-state index contributed by atoms with van der Waals surface area (Å²) in [6.07, 6.45) is 1.61. The number of anilines is 2. The van der Waals surface area contributed by atoms with Crippen LogP contribution < -0.4 is 15.5 Å². The van der Waals surface area contributed by atoms with Crippen LogP contribution >= 0.6 is 35.0 Å². The molecule has 1 aliphatic heterocycles. The fourth-order valence-corrected chi connectivity index (χ4v) is 5.78. The molecule has 1 unspecified atom stereocenters. The number of benzene rings is 4. The van der Waals surface area contributed by atoms with Crippen LogP contribution in [-0.2, 0) is 14.4 Å². The number of halogens is 2. The largest absolute Gasteiger partial charge is 0.321 e. The minimum atomic E-state index is -0.657. The standard InChI is InChI=1S/C33H25Cl2N3O4S/c1-20-10-12-21(13-11-20)16-28(37-31(40)22-6-3-2-4-7-22)32(41)36-23-8-5-9-25(17-23)43-29-19-30(39)38(33(29)42)24-14-15-26(34)27(35)18-24/h2-18,29H,19H2,1H3,(H,36,41)(H,37,40). The van der Waals surface area contributed by atoms with Crippen molar-refractivity contribution in [2.45, 2.75) is 23.5 Å². The van der Waals surface area contributed by atoms with Gasteiger partial charge in [0.05, 0.1) is 21.0 Å². The van der Waals surface area contributed by atoms with Crippen LogP contribution in [0.2, 0.25) is 10.0 Å². The average molecular weight is 631 g/mol. The first-order valence-electron chi connectivity index (χ1n) is 13.2. The quantitative estimate of drug-likeness (QED) is 0.160. The number of carbonyl (C=O) groups excluding carboxylic acids is 4. The predicted molar refractivity (Wildman–Crippen MR) is 171 cm³/mol.